The standard InChI is InChI=1S/C12H23N3O4S/c1-8-5-15(6-9(7-16)19-8)11(17)10(3-4-20-2)14-12(13)18/h8-10,16H,3-7H2,1-2H3,(H3,13,14,18). The van der Waals surface area contributed by atoms with Gasteiger partial charge < -0.3 is 25.8 Å². The number of aliphatic hydroxyl groups is 1. The molecule has 3 atom stereocenters. The molecule has 0 aromatic rings. The number of carbonyl (C=O) groups is 2. The van der Waals surface area contributed by atoms with Gasteiger partial charge in [0.2, 0.25) is 5.91 Å². The maximum Gasteiger partial charge on any atom is 0.312 e. The molecule has 1 rings (SSSR count). The highest BCUT2D eigenvalue weighted by Gasteiger charge is 2.32. The van der Waals surface area contributed by atoms with Crippen LogP contribution in [0.25, 0.3) is 0 Å². The van der Waals surface area contributed by atoms with Crippen LogP contribution < -0.4 is 11.1 Å². The molecule has 0 aromatic heterocycles. The van der Waals surface area contributed by atoms with Crippen LogP contribution in [0.15, 0.2) is 0 Å². The minimum absolute atomic E-state index is 0.132. The van der Waals surface area contributed by atoms with E-state index in [0.29, 0.717) is 19.5 Å². The molecule has 0 aliphatic carbocycles. The number of hydrogen-bond acceptors (Lipinski definition) is 5. The second-order valence-electron chi connectivity index (χ2n) is 4.84. The third-order valence-corrected chi connectivity index (χ3v) is 3.71. The number of nitrogens with one attached hydrogen (secondary N) is 1. The highest BCUT2D eigenvalue weighted by atomic mass is 32.2. The lowest BCUT2D eigenvalue weighted by molar-refractivity contribution is -0.149. The average Bonchev–Trinajstić information content (AvgIpc) is 2.41. The van der Waals surface area contributed by atoms with Gasteiger partial charge in [0, 0.05) is 13.1 Å². The predicted molar refractivity (Wildman–Crippen MR) is 77.5 cm³/mol. The molecule has 3 unspecified atom stereocenters. The third kappa shape index (κ3) is 5.18. The molecule has 1 heterocycles. The molecule has 1 aliphatic rings. The fourth-order valence-electron chi connectivity index (χ4n) is 2.21. The van der Waals surface area contributed by atoms with Crippen LogP contribution in [0.2, 0.25) is 0 Å². The summed E-state index contributed by atoms with van der Waals surface area (Å²) in [5.41, 5.74) is 5.12. The minimum Gasteiger partial charge on any atom is -0.394 e. The molecular weight excluding hydrogens is 282 g/mol. The van der Waals surface area contributed by atoms with Gasteiger partial charge in [-0.15, -0.1) is 0 Å². The number of morpholine rings is 1. The molecule has 0 bridgehead atoms. The lowest BCUT2D eigenvalue weighted by Crippen LogP contribution is -2.56. The smallest absolute Gasteiger partial charge is 0.312 e. The van der Waals surface area contributed by atoms with E-state index in [1.807, 2.05) is 13.2 Å². The van der Waals surface area contributed by atoms with Crippen molar-refractivity contribution in [3.05, 3.63) is 0 Å². The summed E-state index contributed by atoms with van der Waals surface area (Å²) in [5.74, 6) is 0.575. The van der Waals surface area contributed by atoms with Gasteiger partial charge in [0.1, 0.15) is 6.04 Å². The first kappa shape index (κ1) is 17.1. The van der Waals surface area contributed by atoms with E-state index in [1.165, 1.54) is 0 Å². The largest absolute Gasteiger partial charge is 0.394 e. The number of thioether (sulfide) groups is 1. The maximum atomic E-state index is 12.5. The summed E-state index contributed by atoms with van der Waals surface area (Å²) in [6.07, 6.45) is 1.94. The van der Waals surface area contributed by atoms with Crippen LogP contribution >= 0.6 is 11.8 Å². The molecule has 7 nitrogen and oxygen atoms in total. The zero-order valence-corrected chi connectivity index (χ0v) is 12.7. The number of urea groups is 1. The lowest BCUT2D eigenvalue weighted by Gasteiger charge is -2.37. The molecule has 1 fully saturated rings. The minimum atomic E-state index is -0.704. The second kappa shape index (κ2) is 8.33. The number of nitrogens with two attached hydrogens (primary N) is 1. The van der Waals surface area contributed by atoms with Crippen LogP contribution in [0.3, 0.4) is 0 Å². The van der Waals surface area contributed by atoms with Crippen LogP contribution in [0.1, 0.15) is 13.3 Å². The predicted octanol–water partition coefficient (Wildman–Crippen LogP) is -0.615. The number of hydrogen-bond donors (Lipinski definition) is 3. The van der Waals surface area contributed by atoms with Crippen molar-refractivity contribution in [2.24, 2.45) is 5.73 Å². The third-order valence-electron chi connectivity index (χ3n) is 3.07. The molecule has 0 spiro atoms. The van der Waals surface area contributed by atoms with Crippen LogP contribution in [-0.4, -0.2) is 71.9 Å². The van der Waals surface area contributed by atoms with Crippen molar-refractivity contribution in [3.8, 4) is 0 Å². The molecular formula is C12H23N3O4S. The van der Waals surface area contributed by atoms with Crippen LogP contribution in [-0.2, 0) is 9.53 Å². The van der Waals surface area contributed by atoms with Crippen molar-refractivity contribution in [1.29, 1.82) is 0 Å². The van der Waals surface area contributed by atoms with E-state index in [-0.39, 0.29) is 24.7 Å². The van der Waals surface area contributed by atoms with Gasteiger partial charge in [0.05, 0.1) is 18.8 Å². The SMILES string of the molecule is CSCCC(NC(N)=O)C(=O)N1CC(C)OC(CO)C1. The lowest BCUT2D eigenvalue weighted by atomic mass is 10.1. The fourth-order valence-corrected chi connectivity index (χ4v) is 2.68. The van der Waals surface area contributed by atoms with Gasteiger partial charge >= 0.3 is 6.03 Å². The van der Waals surface area contributed by atoms with Gasteiger partial charge in [-0.1, -0.05) is 0 Å². The van der Waals surface area contributed by atoms with E-state index in [0.717, 1.165) is 5.75 Å². The van der Waals surface area contributed by atoms with Gasteiger partial charge in [-0.2, -0.15) is 11.8 Å². The van der Waals surface area contributed by atoms with Crippen molar-refractivity contribution in [2.45, 2.75) is 31.6 Å². The van der Waals surface area contributed by atoms with E-state index < -0.39 is 12.1 Å². The number of carbonyl (C=O) groups excluding carboxylic acids is 2. The summed E-state index contributed by atoms with van der Waals surface area (Å²) in [6, 6.07) is -1.32. The first-order valence-electron chi connectivity index (χ1n) is 6.58. The van der Waals surface area contributed by atoms with Gasteiger partial charge in [0.15, 0.2) is 0 Å². The Morgan fingerprint density at radius 3 is 2.80 bits per heavy atom. The summed E-state index contributed by atoms with van der Waals surface area (Å²) < 4.78 is 5.50. The Balaban J connectivity index is 2.68. The molecule has 1 aliphatic heterocycles. The van der Waals surface area contributed by atoms with E-state index >= 15 is 0 Å². The Bertz CT molecular complexity index is 343. The number of amides is 3. The molecule has 1 saturated heterocycles. The first-order chi connectivity index (χ1) is 9.47. The average molecular weight is 305 g/mol. The first-order valence-corrected chi connectivity index (χ1v) is 7.97. The van der Waals surface area contributed by atoms with E-state index in [1.54, 1.807) is 16.7 Å². The van der Waals surface area contributed by atoms with Gasteiger partial charge in [-0.3, -0.25) is 4.79 Å². The zero-order chi connectivity index (χ0) is 15.1. The molecule has 0 radical (unpaired) electrons. The number of aliphatic hydroxyl groups excluding tert-OH is 1. The highest BCUT2D eigenvalue weighted by Crippen LogP contribution is 2.13. The molecule has 116 valence electrons. The fraction of sp³-hybridized carbons (Fsp3) is 0.833. The molecule has 0 saturated carbocycles. The monoisotopic (exact) mass is 305 g/mol. The quantitative estimate of drug-likeness (QED) is 0.607. The normalized spacial score (nSPS) is 24.2. The summed E-state index contributed by atoms with van der Waals surface area (Å²) >= 11 is 1.60. The van der Waals surface area contributed by atoms with Crippen molar-refractivity contribution in [1.82, 2.24) is 10.2 Å². The number of primary amides is 1. The molecule has 20 heavy (non-hydrogen) atoms. The van der Waals surface area contributed by atoms with Crippen molar-refractivity contribution in [2.75, 3.05) is 31.7 Å². The highest BCUT2D eigenvalue weighted by molar-refractivity contribution is 7.98. The topological polar surface area (TPSA) is 105 Å². The summed E-state index contributed by atoms with van der Waals surface area (Å²) in [4.78, 5) is 25.1. The van der Waals surface area contributed by atoms with Crippen molar-refractivity contribution >= 4 is 23.7 Å². The Morgan fingerprint density at radius 1 is 1.55 bits per heavy atom. The number of rotatable bonds is 6. The summed E-state index contributed by atoms with van der Waals surface area (Å²) in [6.45, 7) is 2.49. The summed E-state index contributed by atoms with van der Waals surface area (Å²) in [7, 11) is 0. The van der Waals surface area contributed by atoms with Gasteiger partial charge in [-0.05, 0) is 25.4 Å². The van der Waals surface area contributed by atoms with E-state index in [2.05, 4.69) is 5.32 Å². The van der Waals surface area contributed by atoms with Gasteiger partial charge in [0.25, 0.3) is 0 Å². The Hall–Kier alpha value is -0.990. The Kier molecular flexibility index (Phi) is 7.11. The Labute approximate surface area is 123 Å². The van der Waals surface area contributed by atoms with Crippen LogP contribution in [0.5, 0.6) is 0 Å². The number of ether oxygens (including phenoxy) is 1. The molecule has 3 amide bonds. The molecule has 8 heteroatoms. The van der Waals surface area contributed by atoms with Crippen molar-refractivity contribution < 1.29 is 19.4 Å². The van der Waals surface area contributed by atoms with E-state index in [9.17, 15) is 14.7 Å². The summed E-state index contributed by atoms with van der Waals surface area (Å²) in [5, 5.41) is 11.7. The Morgan fingerprint density at radius 2 is 2.25 bits per heavy atom. The van der Waals surface area contributed by atoms with Crippen LogP contribution in [0.4, 0.5) is 4.79 Å². The van der Waals surface area contributed by atoms with E-state index in [4.69, 9.17) is 10.5 Å². The second-order valence-corrected chi connectivity index (χ2v) is 5.82. The molecule has 0 aromatic carbocycles. The maximum absolute atomic E-state index is 12.5. The zero-order valence-electron chi connectivity index (χ0n) is 11.9. The number of nitrogens with zero attached hydrogens (tertiary/aromatic N) is 1. The van der Waals surface area contributed by atoms with Crippen LogP contribution in [0, 0.1) is 0 Å². The van der Waals surface area contributed by atoms with Gasteiger partial charge in [-0.25, -0.2) is 4.79 Å². The molecule has 4 N–H and O–H groups in total. The van der Waals surface area contributed by atoms with Crippen molar-refractivity contribution in [3.63, 3.8) is 0 Å².